The highest BCUT2D eigenvalue weighted by Crippen LogP contribution is 2.24. The van der Waals surface area contributed by atoms with E-state index in [2.05, 4.69) is 19.2 Å². The average molecular weight is 357 g/mol. The van der Waals surface area contributed by atoms with Gasteiger partial charge in [0.1, 0.15) is 0 Å². The van der Waals surface area contributed by atoms with Crippen LogP contribution in [0, 0.1) is 6.92 Å². The fourth-order valence-corrected chi connectivity index (χ4v) is 3.17. The van der Waals surface area contributed by atoms with Crippen molar-refractivity contribution >= 4 is 29.3 Å². The third kappa shape index (κ3) is 5.94. The summed E-state index contributed by atoms with van der Waals surface area (Å²) in [6.45, 7) is 5.84. The van der Waals surface area contributed by atoms with E-state index < -0.39 is 5.97 Å². The van der Waals surface area contributed by atoms with Crippen LogP contribution in [0.2, 0.25) is 0 Å². The zero-order valence-electron chi connectivity index (χ0n) is 14.7. The minimum Gasteiger partial charge on any atom is -0.455 e. The highest BCUT2D eigenvalue weighted by atomic mass is 32.2. The van der Waals surface area contributed by atoms with E-state index in [0.29, 0.717) is 5.92 Å². The van der Waals surface area contributed by atoms with Crippen LogP contribution >= 0.6 is 11.8 Å². The summed E-state index contributed by atoms with van der Waals surface area (Å²) in [6, 6.07) is 15.5. The predicted molar refractivity (Wildman–Crippen MR) is 102 cm³/mol. The quantitative estimate of drug-likeness (QED) is 0.590. The number of hydrogen-bond acceptors (Lipinski definition) is 4. The van der Waals surface area contributed by atoms with E-state index in [9.17, 15) is 9.59 Å². The lowest BCUT2D eigenvalue weighted by molar-refractivity contribution is -0.144. The Morgan fingerprint density at radius 1 is 1.08 bits per heavy atom. The molecule has 0 aliphatic rings. The van der Waals surface area contributed by atoms with Crippen LogP contribution in [0.15, 0.2) is 53.4 Å². The highest BCUT2D eigenvalue weighted by molar-refractivity contribution is 8.00. The molecule has 2 aromatic rings. The second kappa shape index (κ2) is 9.28. The first-order chi connectivity index (χ1) is 12.0. The zero-order chi connectivity index (χ0) is 18.2. The Morgan fingerprint density at radius 2 is 1.76 bits per heavy atom. The highest BCUT2D eigenvalue weighted by Gasteiger charge is 2.12. The van der Waals surface area contributed by atoms with E-state index >= 15 is 0 Å². The molecule has 0 saturated heterocycles. The summed E-state index contributed by atoms with van der Waals surface area (Å²) in [5.41, 5.74) is 2.92. The topological polar surface area (TPSA) is 55.4 Å². The number of hydrogen-bond donors (Lipinski definition) is 1. The Balaban J connectivity index is 1.80. The maximum absolute atomic E-state index is 12.0. The molecule has 1 amide bonds. The molecule has 0 saturated carbocycles. The van der Waals surface area contributed by atoms with Crippen molar-refractivity contribution in [3.63, 3.8) is 0 Å². The van der Waals surface area contributed by atoms with E-state index in [0.717, 1.165) is 21.7 Å². The number of carbonyl (C=O) groups is 2. The molecule has 132 valence electrons. The van der Waals surface area contributed by atoms with Crippen LogP contribution in [0.4, 0.5) is 5.69 Å². The number of aryl methyl sites for hydroxylation is 1. The van der Waals surface area contributed by atoms with Gasteiger partial charge in [0.05, 0.1) is 5.75 Å². The fraction of sp³-hybridized carbons (Fsp3) is 0.300. The van der Waals surface area contributed by atoms with Crippen molar-refractivity contribution in [1.29, 1.82) is 0 Å². The molecule has 0 radical (unpaired) electrons. The largest absolute Gasteiger partial charge is 0.455 e. The van der Waals surface area contributed by atoms with Crippen LogP contribution in [0.5, 0.6) is 0 Å². The Bertz CT molecular complexity index is 743. The van der Waals surface area contributed by atoms with Crippen molar-refractivity contribution in [1.82, 2.24) is 0 Å². The Hall–Kier alpha value is -2.27. The number of benzene rings is 2. The number of esters is 1. The molecule has 0 aliphatic carbocycles. The maximum Gasteiger partial charge on any atom is 0.316 e. The molecule has 0 aromatic heterocycles. The standard InChI is InChI=1S/C20H23NO3S/c1-14(2)16-9-5-6-10-17(16)21-19(22)12-24-20(23)13-25-18-11-7-4-8-15(18)3/h4-11,14H,12-13H2,1-3H3,(H,21,22). The monoisotopic (exact) mass is 357 g/mol. The van der Waals surface area contributed by atoms with Gasteiger partial charge in [0.15, 0.2) is 6.61 Å². The average Bonchev–Trinajstić information content (AvgIpc) is 2.59. The SMILES string of the molecule is Cc1ccccc1SCC(=O)OCC(=O)Nc1ccccc1C(C)C. The Kier molecular flexibility index (Phi) is 7.07. The third-order valence-corrected chi connectivity index (χ3v) is 4.81. The smallest absolute Gasteiger partial charge is 0.316 e. The molecule has 0 spiro atoms. The Morgan fingerprint density at radius 3 is 2.48 bits per heavy atom. The Labute approximate surface area is 153 Å². The van der Waals surface area contributed by atoms with Gasteiger partial charge in [-0.3, -0.25) is 9.59 Å². The molecule has 2 aromatic carbocycles. The van der Waals surface area contributed by atoms with Gasteiger partial charge in [-0.2, -0.15) is 0 Å². The van der Waals surface area contributed by atoms with E-state index in [1.807, 2.05) is 55.5 Å². The van der Waals surface area contributed by atoms with Gasteiger partial charge in [-0.05, 0) is 36.1 Å². The summed E-state index contributed by atoms with van der Waals surface area (Å²) >= 11 is 1.41. The number of thioether (sulfide) groups is 1. The molecule has 5 heteroatoms. The molecule has 4 nitrogen and oxygen atoms in total. The van der Waals surface area contributed by atoms with Crippen molar-refractivity contribution in [2.24, 2.45) is 0 Å². The third-order valence-electron chi connectivity index (χ3n) is 3.66. The molecule has 1 N–H and O–H groups in total. The number of nitrogens with one attached hydrogen (secondary N) is 1. The number of carbonyl (C=O) groups excluding carboxylic acids is 2. The first-order valence-corrected chi connectivity index (χ1v) is 9.18. The number of rotatable bonds is 7. The van der Waals surface area contributed by atoms with Crippen LogP contribution in [0.1, 0.15) is 30.9 Å². The molecular weight excluding hydrogens is 334 g/mol. The lowest BCUT2D eigenvalue weighted by Gasteiger charge is -2.13. The summed E-state index contributed by atoms with van der Waals surface area (Å²) in [7, 11) is 0. The molecule has 0 atom stereocenters. The summed E-state index contributed by atoms with van der Waals surface area (Å²) in [4.78, 5) is 24.9. The second-order valence-corrected chi connectivity index (χ2v) is 7.02. The normalized spacial score (nSPS) is 10.6. The summed E-state index contributed by atoms with van der Waals surface area (Å²) < 4.78 is 5.07. The van der Waals surface area contributed by atoms with Gasteiger partial charge in [0.2, 0.25) is 0 Å². The van der Waals surface area contributed by atoms with E-state index in [-0.39, 0.29) is 18.3 Å². The minimum atomic E-state index is -0.402. The summed E-state index contributed by atoms with van der Waals surface area (Å²) in [6.07, 6.45) is 0. The van der Waals surface area contributed by atoms with Gasteiger partial charge >= 0.3 is 5.97 Å². The molecule has 0 bridgehead atoms. The molecule has 0 aliphatic heterocycles. The van der Waals surface area contributed by atoms with Crippen LogP contribution in [0.25, 0.3) is 0 Å². The number of anilines is 1. The summed E-state index contributed by atoms with van der Waals surface area (Å²) in [5.74, 6) is -0.256. The van der Waals surface area contributed by atoms with Crippen molar-refractivity contribution in [3.8, 4) is 0 Å². The number of amides is 1. The van der Waals surface area contributed by atoms with Crippen molar-refractivity contribution in [2.75, 3.05) is 17.7 Å². The van der Waals surface area contributed by atoms with Gasteiger partial charge in [-0.25, -0.2) is 0 Å². The van der Waals surface area contributed by atoms with Crippen LogP contribution < -0.4 is 5.32 Å². The van der Waals surface area contributed by atoms with Gasteiger partial charge < -0.3 is 10.1 Å². The summed E-state index contributed by atoms with van der Waals surface area (Å²) in [5, 5.41) is 2.81. The van der Waals surface area contributed by atoms with Gasteiger partial charge in [-0.1, -0.05) is 50.2 Å². The van der Waals surface area contributed by atoms with E-state index in [4.69, 9.17) is 4.74 Å². The van der Waals surface area contributed by atoms with Crippen molar-refractivity contribution in [3.05, 3.63) is 59.7 Å². The first kappa shape index (κ1) is 19.1. The van der Waals surface area contributed by atoms with Crippen molar-refractivity contribution < 1.29 is 14.3 Å². The predicted octanol–water partition coefficient (Wildman–Crippen LogP) is 4.39. The molecular formula is C20H23NO3S. The van der Waals surface area contributed by atoms with E-state index in [1.165, 1.54) is 11.8 Å². The maximum atomic E-state index is 12.0. The number of ether oxygens (including phenoxy) is 1. The van der Waals surface area contributed by atoms with Gasteiger partial charge in [-0.15, -0.1) is 11.8 Å². The number of para-hydroxylation sites is 1. The molecule has 25 heavy (non-hydrogen) atoms. The van der Waals surface area contributed by atoms with Crippen LogP contribution in [-0.2, 0) is 14.3 Å². The van der Waals surface area contributed by atoms with E-state index in [1.54, 1.807) is 0 Å². The van der Waals surface area contributed by atoms with Crippen LogP contribution in [-0.4, -0.2) is 24.2 Å². The van der Waals surface area contributed by atoms with Crippen molar-refractivity contribution in [2.45, 2.75) is 31.6 Å². The van der Waals surface area contributed by atoms with Crippen LogP contribution in [0.3, 0.4) is 0 Å². The van der Waals surface area contributed by atoms with Gasteiger partial charge in [0, 0.05) is 10.6 Å². The second-order valence-electron chi connectivity index (χ2n) is 6.00. The van der Waals surface area contributed by atoms with Gasteiger partial charge in [0.25, 0.3) is 5.91 Å². The molecule has 0 unspecified atom stereocenters. The molecule has 0 heterocycles. The minimum absolute atomic E-state index is 0.181. The first-order valence-electron chi connectivity index (χ1n) is 8.20. The molecule has 0 fully saturated rings. The fourth-order valence-electron chi connectivity index (χ4n) is 2.34. The lowest BCUT2D eigenvalue weighted by atomic mass is 10.0. The zero-order valence-corrected chi connectivity index (χ0v) is 15.6. The molecule has 2 rings (SSSR count). The lowest BCUT2D eigenvalue weighted by Crippen LogP contribution is -2.22.